The van der Waals surface area contributed by atoms with E-state index in [0.29, 0.717) is 19.4 Å². The Kier molecular flexibility index (Phi) is 8.54. The lowest BCUT2D eigenvalue weighted by Gasteiger charge is -2.36. The molecule has 0 aromatic heterocycles. The van der Waals surface area contributed by atoms with E-state index in [0.717, 1.165) is 0 Å². The number of carboxylic acids is 1. The first-order valence-electron chi connectivity index (χ1n) is 12.2. The molecule has 1 unspecified atom stereocenters. The maximum absolute atomic E-state index is 12.8. The van der Waals surface area contributed by atoms with E-state index in [1.54, 1.807) is 4.90 Å². The van der Waals surface area contributed by atoms with E-state index in [-0.39, 0.29) is 37.3 Å². The Morgan fingerprint density at radius 1 is 1.03 bits per heavy atom. The molecule has 0 heterocycles. The van der Waals surface area contributed by atoms with Crippen molar-refractivity contribution in [2.75, 3.05) is 19.7 Å². The Morgan fingerprint density at radius 3 is 2.14 bits per heavy atom. The van der Waals surface area contributed by atoms with Crippen LogP contribution in [0.25, 0.3) is 11.1 Å². The first kappa shape index (κ1) is 26.3. The molecule has 0 bridgehead atoms. The molecule has 1 aliphatic rings. The quantitative estimate of drug-likeness (QED) is 0.496. The van der Waals surface area contributed by atoms with E-state index in [9.17, 15) is 14.4 Å². The van der Waals surface area contributed by atoms with Gasteiger partial charge in [0.2, 0.25) is 5.91 Å². The molecule has 0 fully saturated rings. The zero-order valence-electron chi connectivity index (χ0n) is 21.0. The van der Waals surface area contributed by atoms with Gasteiger partial charge in [0.25, 0.3) is 0 Å². The highest BCUT2D eigenvalue weighted by molar-refractivity contribution is 5.79. The molecule has 1 aliphatic carbocycles. The average Bonchev–Trinajstić information content (AvgIpc) is 3.10. The third kappa shape index (κ3) is 6.84. The Morgan fingerprint density at radius 2 is 1.60 bits per heavy atom. The number of fused-ring (bicyclic) bond motifs is 3. The summed E-state index contributed by atoms with van der Waals surface area (Å²) in [6.45, 7) is 8.49. The van der Waals surface area contributed by atoms with Crippen molar-refractivity contribution in [2.45, 2.75) is 58.4 Å². The molecule has 188 valence electrons. The van der Waals surface area contributed by atoms with E-state index in [1.165, 1.54) is 22.3 Å². The van der Waals surface area contributed by atoms with Gasteiger partial charge in [0.05, 0.1) is 6.42 Å². The van der Waals surface area contributed by atoms with Crippen LogP contribution in [0.2, 0.25) is 0 Å². The minimum atomic E-state index is -0.924. The number of benzene rings is 2. The maximum Gasteiger partial charge on any atom is 0.407 e. The van der Waals surface area contributed by atoms with Crippen LogP contribution in [-0.4, -0.2) is 53.2 Å². The van der Waals surface area contributed by atoms with Crippen molar-refractivity contribution < 1.29 is 24.2 Å². The number of amides is 2. The lowest BCUT2D eigenvalue weighted by molar-refractivity contribution is -0.141. The fourth-order valence-electron chi connectivity index (χ4n) is 4.62. The first-order chi connectivity index (χ1) is 16.6. The fourth-order valence-corrected chi connectivity index (χ4v) is 4.62. The maximum atomic E-state index is 12.8. The summed E-state index contributed by atoms with van der Waals surface area (Å²) in [7, 11) is 0. The fraction of sp³-hybridized carbons (Fsp3) is 0.464. The molecule has 0 saturated carbocycles. The molecule has 2 aromatic rings. The lowest BCUT2D eigenvalue weighted by Crippen LogP contribution is -2.47. The molecule has 2 aromatic carbocycles. The molecular formula is C28H36N2O5. The standard InChI is InChI=1S/C28H36N2O5/c1-19(17-25(31)30(28(2,3)4)16-14-26(32)33)13-15-29-27(34)35-18-24-22-11-7-5-9-20(22)21-10-6-8-12-23(21)24/h5-12,19,24H,13-18H2,1-4H3,(H,29,34)(H,32,33). The van der Waals surface area contributed by atoms with Gasteiger partial charge in [0, 0.05) is 31.0 Å². The Balaban J connectivity index is 1.45. The first-order valence-corrected chi connectivity index (χ1v) is 12.2. The second-order valence-corrected chi connectivity index (χ2v) is 10.2. The molecule has 2 N–H and O–H groups in total. The number of alkyl carbamates (subject to hydrolysis) is 1. The molecule has 3 rings (SSSR count). The smallest absolute Gasteiger partial charge is 0.407 e. The van der Waals surface area contributed by atoms with Crippen LogP contribution in [0.15, 0.2) is 48.5 Å². The highest BCUT2D eigenvalue weighted by Gasteiger charge is 2.29. The summed E-state index contributed by atoms with van der Waals surface area (Å²) in [4.78, 5) is 37.7. The third-order valence-corrected chi connectivity index (χ3v) is 6.43. The van der Waals surface area contributed by atoms with Crippen LogP contribution in [0.1, 0.15) is 64.0 Å². The van der Waals surface area contributed by atoms with Gasteiger partial charge >= 0.3 is 12.1 Å². The predicted molar refractivity (Wildman–Crippen MR) is 135 cm³/mol. The van der Waals surface area contributed by atoms with Crippen molar-refractivity contribution in [3.05, 3.63) is 59.7 Å². The van der Waals surface area contributed by atoms with E-state index < -0.39 is 17.6 Å². The van der Waals surface area contributed by atoms with Crippen LogP contribution in [-0.2, 0) is 14.3 Å². The van der Waals surface area contributed by atoms with Crippen molar-refractivity contribution in [3.8, 4) is 11.1 Å². The zero-order valence-corrected chi connectivity index (χ0v) is 21.0. The minimum Gasteiger partial charge on any atom is -0.481 e. The Hall–Kier alpha value is -3.35. The molecule has 0 saturated heterocycles. The van der Waals surface area contributed by atoms with Gasteiger partial charge in [0.15, 0.2) is 0 Å². The number of carbonyl (C=O) groups is 3. The van der Waals surface area contributed by atoms with Crippen LogP contribution in [0, 0.1) is 5.92 Å². The van der Waals surface area contributed by atoms with Crippen LogP contribution in [0.5, 0.6) is 0 Å². The second-order valence-electron chi connectivity index (χ2n) is 10.2. The number of rotatable bonds is 10. The SMILES string of the molecule is CC(CCNC(=O)OCC1c2ccccc2-c2ccccc21)CC(=O)N(CCC(=O)O)C(C)(C)C. The summed E-state index contributed by atoms with van der Waals surface area (Å²) < 4.78 is 5.56. The summed E-state index contributed by atoms with van der Waals surface area (Å²) in [6, 6.07) is 16.4. The third-order valence-electron chi connectivity index (χ3n) is 6.43. The number of carbonyl (C=O) groups excluding carboxylic acids is 2. The number of carboxylic acid groups (broad SMARTS) is 1. The van der Waals surface area contributed by atoms with E-state index in [4.69, 9.17) is 9.84 Å². The van der Waals surface area contributed by atoms with Crippen LogP contribution in [0.3, 0.4) is 0 Å². The van der Waals surface area contributed by atoms with Gasteiger partial charge in [-0.1, -0.05) is 55.5 Å². The van der Waals surface area contributed by atoms with E-state index >= 15 is 0 Å². The number of nitrogens with zero attached hydrogens (tertiary/aromatic N) is 1. The highest BCUT2D eigenvalue weighted by Crippen LogP contribution is 2.44. The largest absolute Gasteiger partial charge is 0.481 e. The summed E-state index contributed by atoms with van der Waals surface area (Å²) in [5.41, 5.74) is 4.25. The summed E-state index contributed by atoms with van der Waals surface area (Å²) >= 11 is 0. The Bertz CT molecular complexity index is 1010. The van der Waals surface area contributed by atoms with Gasteiger partial charge < -0.3 is 20.1 Å². The molecule has 0 spiro atoms. The average molecular weight is 481 g/mol. The molecule has 7 heteroatoms. The van der Waals surface area contributed by atoms with Crippen LogP contribution < -0.4 is 5.32 Å². The van der Waals surface area contributed by atoms with Crippen molar-refractivity contribution >= 4 is 18.0 Å². The molecule has 0 radical (unpaired) electrons. The topological polar surface area (TPSA) is 95.9 Å². The highest BCUT2D eigenvalue weighted by atomic mass is 16.5. The molecule has 35 heavy (non-hydrogen) atoms. The monoisotopic (exact) mass is 480 g/mol. The molecule has 0 aliphatic heterocycles. The van der Waals surface area contributed by atoms with Crippen molar-refractivity contribution in [3.63, 3.8) is 0 Å². The summed E-state index contributed by atoms with van der Waals surface area (Å²) in [5, 5.41) is 11.8. The van der Waals surface area contributed by atoms with Crippen LogP contribution >= 0.6 is 0 Å². The molecule has 7 nitrogen and oxygen atoms in total. The van der Waals surface area contributed by atoms with Gasteiger partial charge in [-0.25, -0.2) is 4.79 Å². The van der Waals surface area contributed by atoms with Crippen molar-refractivity contribution in [1.82, 2.24) is 10.2 Å². The molecule has 1 atom stereocenters. The van der Waals surface area contributed by atoms with Gasteiger partial charge in [-0.15, -0.1) is 0 Å². The number of aliphatic carboxylic acids is 1. The number of nitrogens with one attached hydrogen (secondary N) is 1. The van der Waals surface area contributed by atoms with Gasteiger partial charge in [-0.2, -0.15) is 0 Å². The van der Waals surface area contributed by atoms with E-state index in [1.807, 2.05) is 52.0 Å². The number of hydrogen-bond acceptors (Lipinski definition) is 4. The minimum absolute atomic E-state index is 0.0129. The molecule has 2 amide bonds. The van der Waals surface area contributed by atoms with Gasteiger partial charge in [-0.3, -0.25) is 9.59 Å². The normalized spacial score (nSPS) is 13.5. The molecular weight excluding hydrogens is 444 g/mol. The second kappa shape index (κ2) is 11.4. The van der Waals surface area contributed by atoms with Gasteiger partial charge in [0.1, 0.15) is 6.61 Å². The number of hydrogen-bond donors (Lipinski definition) is 2. The predicted octanol–water partition coefficient (Wildman–Crippen LogP) is 5.04. The van der Waals surface area contributed by atoms with E-state index in [2.05, 4.69) is 29.6 Å². The van der Waals surface area contributed by atoms with Crippen molar-refractivity contribution in [2.24, 2.45) is 5.92 Å². The van der Waals surface area contributed by atoms with Gasteiger partial charge in [-0.05, 0) is 55.4 Å². The van der Waals surface area contributed by atoms with Crippen molar-refractivity contribution in [1.29, 1.82) is 0 Å². The summed E-state index contributed by atoms with van der Waals surface area (Å²) in [5.74, 6) is -0.954. The Labute approximate surface area is 207 Å². The van der Waals surface area contributed by atoms with Crippen LogP contribution in [0.4, 0.5) is 4.79 Å². The number of ether oxygens (including phenoxy) is 1. The zero-order chi connectivity index (χ0) is 25.6. The summed E-state index contributed by atoms with van der Waals surface area (Å²) in [6.07, 6.45) is 0.361. The lowest BCUT2D eigenvalue weighted by atomic mass is 9.98.